The van der Waals surface area contributed by atoms with Crippen LogP contribution in [-0.2, 0) is 4.74 Å². The highest BCUT2D eigenvalue weighted by atomic mass is 35.5. The van der Waals surface area contributed by atoms with E-state index in [4.69, 9.17) is 16.3 Å². The van der Waals surface area contributed by atoms with Crippen molar-refractivity contribution in [2.24, 2.45) is 0 Å². The molecule has 0 saturated carbocycles. The predicted octanol–water partition coefficient (Wildman–Crippen LogP) is 2.89. The first-order valence-corrected chi connectivity index (χ1v) is 7.50. The normalized spacial score (nSPS) is 10.9. The lowest BCUT2D eigenvalue weighted by molar-refractivity contribution is 0.0524. The van der Waals surface area contributed by atoms with Crippen LogP contribution in [0.1, 0.15) is 17.3 Å². The van der Waals surface area contributed by atoms with Crippen molar-refractivity contribution in [3.63, 3.8) is 0 Å². The monoisotopic (exact) mass is 365 g/mol. The van der Waals surface area contributed by atoms with Crippen LogP contribution in [0, 0.1) is 11.6 Å². The molecule has 0 fully saturated rings. The Labute approximate surface area is 144 Å². The van der Waals surface area contributed by atoms with E-state index in [1.54, 1.807) is 6.92 Å². The molecule has 0 atom stereocenters. The number of aromatic nitrogens is 3. The number of ether oxygens (including phenoxy) is 1. The third kappa shape index (κ3) is 3.08. The van der Waals surface area contributed by atoms with E-state index in [0.29, 0.717) is 0 Å². The molecule has 0 radical (unpaired) electrons. The maximum atomic E-state index is 13.8. The summed E-state index contributed by atoms with van der Waals surface area (Å²) in [6.07, 6.45) is 2.11. The molecule has 0 amide bonds. The molecule has 3 aromatic rings. The average molecular weight is 366 g/mol. The molecular weight excluding hydrogens is 356 g/mol. The van der Waals surface area contributed by atoms with Gasteiger partial charge in [-0.05, 0) is 25.1 Å². The average Bonchev–Trinajstić information content (AvgIpc) is 2.58. The largest absolute Gasteiger partial charge is 0.462 e. The molecule has 0 aliphatic heterocycles. The maximum Gasteiger partial charge on any atom is 0.343 e. The van der Waals surface area contributed by atoms with Gasteiger partial charge in [-0.3, -0.25) is 9.36 Å². The first-order chi connectivity index (χ1) is 11.9. The van der Waals surface area contributed by atoms with Crippen LogP contribution in [0.4, 0.5) is 8.78 Å². The minimum Gasteiger partial charge on any atom is -0.462 e. The highest BCUT2D eigenvalue weighted by molar-refractivity contribution is 6.29. The molecular formula is C16H10ClF2N3O3. The van der Waals surface area contributed by atoms with Crippen LogP contribution in [0.3, 0.4) is 0 Å². The number of hydrogen-bond acceptors (Lipinski definition) is 5. The number of rotatable bonds is 3. The first kappa shape index (κ1) is 17.0. The zero-order chi connectivity index (χ0) is 18.1. The standard InChI is InChI=1S/C16H10ClF2N3O3/c1-2-25-16(24)10-7-22(12-4-3-8(18)6-20-12)15-9(13(10)23)5-11(19)14(17)21-15/h3-7H,2H2,1H3. The smallest absolute Gasteiger partial charge is 0.343 e. The van der Waals surface area contributed by atoms with Gasteiger partial charge in [0.2, 0.25) is 5.43 Å². The van der Waals surface area contributed by atoms with Gasteiger partial charge in [-0.2, -0.15) is 0 Å². The fraction of sp³-hybridized carbons (Fsp3) is 0.125. The lowest BCUT2D eigenvalue weighted by Gasteiger charge is -2.12. The maximum absolute atomic E-state index is 13.8. The second-order valence-electron chi connectivity index (χ2n) is 4.93. The fourth-order valence-corrected chi connectivity index (χ4v) is 2.38. The predicted molar refractivity (Wildman–Crippen MR) is 86.0 cm³/mol. The number of esters is 1. The molecule has 0 spiro atoms. The van der Waals surface area contributed by atoms with Crippen LogP contribution in [0.25, 0.3) is 16.9 Å². The third-order valence-corrected chi connectivity index (χ3v) is 3.61. The van der Waals surface area contributed by atoms with Gasteiger partial charge in [0.05, 0.1) is 18.2 Å². The van der Waals surface area contributed by atoms with E-state index in [2.05, 4.69) is 9.97 Å². The molecule has 3 rings (SSSR count). The summed E-state index contributed by atoms with van der Waals surface area (Å²) >= 11 is 5.70. The van der Waals surface area contributed by atoms with Crippen LogP contribution in [0.15, 0.2) is 35.4 Å². The minimum atomic E-state index is -0.911. The Hall–Kier alpha value is -2.87. The van der Waals surface area contributed by atoms with Gasteiger partial charge < -0.3 is 4.74 Å². The molecule has 0 saturated heterocycles. The van der Waals surface area contributed by atoms with Gasteiger partial charge in [-0.25, -0.2) is 23.5 Å². The van der Waals surface area contributed by atoms with E-state index in [-0.39, 0.29) is 29.0 Å². The summed E-state index contributed by atoms with van der Waals surface area (Å²) in [6, 6.07) is 3.34. The molecule has 0 N–H and O–H groups in total. The Morgan fingerprint density at radius 1 is 1.36 bits per heavy atom. The van der Waals surface area contributed by atoms with E-state index in [1.807, 2.05) is 0 Å². The van der Waals surface area contributed by atoms with E-state index >= 15 is 0 Å². The van der Waals surface area contributed by atoms with Crippen LogP contribution < -0.4 is 5.43 Å². The van der Waals surface area contributed by atoms with Gasteiger partial charge in [0.15, 0.2) is 16.6 Å². The van der Waals surface area contributed by atoms with Crippen LogP contribution >= 0.6 is 11.6 Å². The van der Waals surface area contributed by atoms with Crippen molar-refractivity contribution >= 4 is 28.6 Å². The summed E-state index contributed by atoms with van der Waals surface area (Å²) in [5, 5.41) is -0.634. The fourth-order valence-electron chi connectivity index (χ4n) is 2.24. The van der Waals surface area contributed by atoms with Gasteiger partial charge in [0, 0.05) is 6.20 Å². The lowest BCUT2D eigenvalue weighted by atomic mass is 10.2. The summed E-state index contributed by atoms with van der Waals surface area (Å²) in [6.45, 7) is 1.64. The van der Waals surface area contributed by atoms with Crippen LogP contribution in [-0.4, -0.2) is 27.1 Å². The molecule has 25 heavy (non-hydrogen) atoms. The summed E-state index contributed by atoms with van der Waals surface area (Å²) in [7, 11) is 0. The zero-order valence-corrected chi connectivity index (χ0v) is 13.6. The molecule has 6 nitrogen and oxygen atoms in total. The van der Waals surface area contributed by atoms with Gasteiger partial charge in [0.1, 0.15) is 17.2 Å². The highest BCUT2D eigenvalue weighted by Crippen LogP contribution is 2.20. The summed E-state index contributed by atoms with van der Waals surface area (Å²) in [5.41, 5.74) is -1.11. The number of carbonyl (C=O) groups excluding carboxylic acids is 1. The first-order valence-electron chi connectivity index (χ1n) is 7.12. The summed E-state index contributed by atoms with van der Waals surface area (Å²) in [4.78, 5) is 32.3. The topological polar surface area (TPSA) is 74.1 Å². The molecule has 128 valence electrons. The molecule has 9 heteroatoms. The van der Waals surface area contributed by atoms with Crippen molar-refractivity contribution < 1.29 is 18.3 Å². The van der Waals surface area contributed by atoms with Gasteiger partial charge >= 0.3 is 5.97 Å². The lowest BCUT2D eigenvalue weighted by Crippen LogP contribution is -2.21. The Kier molecular flexibility index (Phi) is 4.45. The second-order valence-corrected chi connectivity index (χ2v) is 5.29. The molecule has 0 aliphatic carbocycles. The number of halogens is 3. The molecule has 0 aromatic carbocycles. The Balaban J connectivity index is 2.39. The van der Waals surface area contributed by atoms with Crippen molar-refractivity contribution in [1.29, 1.82) is 0 Å². The van der Waals surface area contributed by atoms with Gasteiger partial charge in [-0.1, -0.05) is 11.6 Å². The third-order valence-electron chi connectivity index (χ3n) is 3.34. The van der Waals surface area contributed by atoms with Crippen LogP contribution in [0.2, 0.25) is 5.15 Å². The van der Waals surface area contributed by atoms with E-state index in [1.165, 1.54) is 10.6 Å². The zero-order valence-electron chi connectivity index (χ0n) is 12.8. The van der Waals surface area contributed by atoms with E-state index in [9.17, 15) is 18.4 Å². The number of carbonyl (C=O) groups is 1. The van der Waals surface area contributed by atoms with Crippen molar-refractivity contribution in [2.75, 3.05) is 6.61 Å². The Bertz CT molecular complexity index is 1040. The van der Waals surface area contributed by atoms with E-state index in [0.717, 1.165) is 24.5 Å². The van der Waals surface area contributed by atoms with Crippen LogP contribution in [0.5, 0.6) is 0 Å². The minimum absolute atomic E-state index is 0.0245. The van der Waals surface area contributed by atoms with Crippen molar-refractivity contribution in [3.05, 3.63) is 63.2 Å². The number of fused-ring (bicyclic) bond motifs is 1. The van der Waals surface area contributed by atoms with Crippen molar-refractivity contribution in [1.82, 2.24) is 14.5 Å². The molecule has 0 bridgehead atoms. The second kappa shape index (κ2) is 6.56. The van der Waals surface area contributed by atoms with Gasteiger partial charge in [-0.15, -0.1) is 0 Å². The molecule has 0 aliphatic rings. The number of pyridine rings is 3. The van der Waals surface area contributed by atoms with Crippen molar-refractivity contribution in [2.45, 2.75) is 6.92 Å². The SMILES string of the molecule is CCOC(=O)c1cn(-c2ccc(F)cn2)c2nc(Cl)c(F)cc2c1=O. The highest BCUT2D eigenvalue weighted by Gasteiger charge is 2.20. The molecule has 3 heterocycles. The summed E-state index contributed by atoms with van der Waals surface area (Å²) < 4.78 is 33.0. The number of hydrogen-bond donors (Lipinski definition) is 0. The Morgan fingerprint density at radius 2 is 2.12 bits per heavy atom. The number of nitrogens with zero attached hydrogens (tertiary/aromatic N) is 3. The van der Waals surface area contributed by atoms with Crippen molar-refractivity contribution in [3.8, 4) is 5.82 Å². The molecule has 3 aromatic heterocycles. The molecule has 0 unspecified atom stereocenters. The van der Waals surface area contributed by atoms with Gasteiger partial charge in [0.25, 0.3) is 0 Å². The Morgan fingerprint density at radius 3 is 2.76 bits per heavy atom. The summed E-state index contributed by atoms with van der Waals surface area (Å²) in [5.74, 6) is -2.20. The van der Waals surface area contributed by atoms with E-state index < -0.39 is 28.2 Å². The quantitative estimate of drug-likeness (QED) is 0.527.